The minimum Gasteiger partial charge on any atom is -0.496 e. The molecule has 0 aromatic heterocycles. The fourth-order valence-electron chi connectivity index (χ4n) is 2.39. The minimum absolute atomic E-state index is 0. The van der Waals surface area contributed by atoms with Crippen molar-refractivity contribution in [2.45, 2.75) is 39.7 Å². The number of benzene rings is 1. The predicted octanol–water partition coefficient (Wildman–Crippen LogP) is 2.92. The van der Waals surface area contributed by atoms with Crippen molar-refractivity contribution >= 4 is 18.3 Å². The number of aryl methyl sites for hydroxylation is 1. The maximum atomic E-state index is 12.4. The SMILES string of the molecule is COc1cc(C(=O)NC(C)(CN)CC(C)C)ccc1C.Cl. The van der Waals surface area contributed by atoms with Gasteiger partial charge in [-0.05, 0) is 43.9 Å². The molecule has 1 aromatic carbocycles. The Hall–Kier alpha value is -1.26. The highest BCUT2D eigenvalue weighted by atomic mass is 35.5. The minimum atomic E-state index is -0.386. The number of rotatable bonds is 6. The number of amides is 1. The standard InChI is InChI=1S/C16H26N2O2.ClH/c1-11(2)9-16(4,10-17)18-15(19)13-7-6-12(3)14(8-13)20-5;/h6-8,11H,9-10,17H2,1-5H3,(H,18,19);1H. The Labute approximate surface area is 133 Å². The number of carbonyl (C=O) groups excluding carboxylic acids is 1. The van der Waals surface area contributed by atoms with Crippen LogP contribution in [0.1, 0.15) is 43.1 Å². The zero-order valence-corrected chi connectivity index (χ0v) is 14.3. The van der Waals surface area contributed by atoms with Crippen molar-refractivity contribution in [3.05, 3.63) is 29.3 Å². The lowest BCUT2D eigenvalue weighted by Gasteiger charge is -2.31. The molecule has 21 heavy (non-hydrogen) atoms. The van der Waals surface area contributed by atoms with Gasteiger partial charge in [0.25, 0.3) is 5.91 Å². The van der Waals surface area contributed by atoms with Crippen LogP contribution in [-0.2, 0) is 0 Å². The van der Waals surface area contributed by atoms with Gasteiger partial charge in [-0.2, -0.15) is 0 Å². The molecule has 1 amide bonds. The monoisotopic (exact) mass is 314 g/mol. The number of methoxy groups -OCH3 is 1. The van der Waals surface area contributed by atoms with Crippen molar-refractivity contribution in [1.82, 2.24) is 5.32 Å². The summed E-state index contributed by atoms with van der Waals surface area (Å²) in [6.07, 6.45) is 0.845. The molecule has 0 fully saturated rings. The molecule has 3 N–H and O–H groups in total. The maximum absolute atomic E-state index is 12.4. The third kappa shape index (κ3) is 5.56. The molecule has 0 aliphatic rings. The second-order valence-corrected chi connectivity index (χ2v) is 6.00. The topological polar surface area (TPSA) is 64.3 Å². The fourth-order valence-corrected chi connectivity index (χ4v) is 2.39. The van der Waals surface area contributed by atoms with E-state index in [1.807, 2.05) is 19.9 Å². The van der Waals surface area contributed by atoms with Crippen molar-refractivity contribution in [3.8, 4) is 5.75 Å². The molecule has 5 heteroatoms. The molecule has 0 radical (unpaired) electrons. The molecule has 1 unspecified atom stereocenters. The predicted molar refractivity (Wildman–Crippen MR) is 89.4 cm³/mol. The van der Waals surface area contributed by atoms with Crippen LogP contribution in [0, 0.1) is 12.8 Å². The van der Waals surface area contributed by atoms with Crippen molar-refractivity contribution in [1.29, 1.82) is 0 Å². The quantitative estimate of drug-likeness (QED) is 0.848. The molecule has 1 aromatic rings. The number of ether oxygens (including phenoxy) is 1. The van der Waals surface area contributed by atoms with Crippen LogP contribution in [0.3, 0.4) is 0 Å². The van der Waals surface area contributed by atoms with E-state index in [1.165, 1.54) is 0 Å². The van der Waals surface area contributed by atoms with Gasteiger partial charge in [0.1, 0.15) is 5.75 Å². The Morgan fingerprint density at radius 1 is 1.43 bits per heavy atom. The Kier molecular flexibility index (Phi) is 7.75. The number of nitrogens with two attached hydrogens (primary N) is 1. The average molecular weight is 315 g/mol. The van der Waals surface area contributed by atoms with Crippen LogP contribution in [0.4, 0.5) is 0 Å². The van der Waals surface area contributed by atoms with Gasteiger partial charge >= 0.3 is 0 Å². The van der Waals surface area contributed by atoms with Crippen molar-refractivity contribution in [2.24, 2.45) is 11.7 Å². The van der Waals surface area contributed by atoms with Gasteiger partial charge < -0.3 is 15.8 Å². The van der Waals surface area contributed by atoms with Gasteiger partial charge in [0.2, 0.25) is 0 Å². The summed E-state index contributed by atoms with van der Waals surface area (Å²) < 4.78 is 5.25. The van der Waals surface area contributed by atoms with E-state index in [9.17, 15) is 4.79 Å². The van der Waals surface area contributed by atoms with Gasteiger partial charge in [-0.3, -0.25) is 4.79 Å². The van der Waals surface area contributed by atoms with Crippen LogP contribution in [0.2, 0.25) is 0 Å². The number of hydrogen-bond acceptors (Lipinski definition) is 3. The van der Waals surface area contributed by atoms with E-state index in [0.717, 1.165) is 17.7 Å². The van der Waals surface area contributed by atoms with Crippen molar-refractivity contribution in [2.75, 3.05) is 13.7 Å². The largest absolute Gasteiger partial charge is 0.496 e. The first kappa shape index (κ1) is 19.7. The Morgan fingerprint density at radius 2 is 2.05 bits per heavy atom. The van der Waals surface area contributed by atoms with Crippen LogP contribution in [-0.4, -0.2) is 25.1 Å². The average Bonchev–Trinajstić information content (AvgIpc) is 2.38. The lowest BCUT2D eigenvalue weighted by molar-refractivity contribution is 0.0898. The molecule has 1 rings (SSSR count). The van der Waals surface area contributed by atoms with Gasteiger partial charge in [0.05, 0.1) is 7.11 Å². The first-order chi connectivity index (χ1) is 9.31. The van der Waals surface area contributed by atoms with E-state index in [1.54, 1.807) is 19.2 Å². The zero-order valence-electron chi connectivity index (χ0n) is 13.5. The van der Waals surface area contributed by atoms with Crippen LogP contribution in [0.25, 0.3) is 0 Å². The third-order valence-corrected chi connectivity index (χ3v) is 3.39. The smallest absolute Gasteiger partial charge is 0.251 e. The maximum Gasteiger partial charge on any atom is 0.251 e. The van der Waals surface area contributed by atoms with Crippen LogP contribution in [0.5, 0.6) is 5.75 Å². The van der Waals surface area contributed by atoms with E-state index in [0.29, 0.717) is 18.0 Å². The van der Waals surface area contributed by atoms with Gasteiger partial charge in [0.15, 0.2) is 0 Å². The molecule has 120 valence electrons. The van der Waals surface area contributed by atoms with Gasteiger partial charge in [-0.1, -0.05) is 19.9 Å². The van der Waals surface area contributed by atoms with E-state index in [2.05, 4.69) is 19.2 Å². The van der Waals surface area contributed by atoms with E-state index in [-0.39, 0.29) is 23.9 Å². The molecular formula is C16H27ClN2O2. The van der Waals surface area contributed by atoms with Gasteiger partial charge in [0, 0.05) is 17.6 Å². The highest BCUT2D eigenvalue weighted by Crippen LogP contribution is 2.20. The highest BCUT2D eigenvalue weighted by molar-refractivity contribution is 5.95. The molecule has 1 atom stereocenters. The molecule has 0 saturated carbocycles. The normalized spacial score (nSPS) is 13.3. The van der Waals surface area contributed by atoms with Crippen LogP contribution < -0.4 is 15.8 Å². The molecule has 0 aliphatic carbocycles. The Morgan fingerprint density at radius 3 is 2.52 bits per heavy atom. The Bertz CT molecular complexity index is 477. The van der Waals surface area contributed by atoms with Gasteiger partial charge in [-0.25, -0.2) is 0 Å². The first-order valence-electron chi connectivity index (χ1n) is 6.98. The molecule has 0 spiro atoms. The van der Waals surface area contributed by atoms with E-state index < -0.39 is 0 Å². The molecule has 0 heterocycles. The molecule has 0 saturated heterocycles. The van der Waals surface area contributed by atoms with E-state index >= 15 is 0 Å². The summed E-state index contributed by atoms with van der Waals surface area (Å²) >= 11 is 0. The summed E-state index contributed by atoms with van der Waals surface area (Å²) in [6, 6.07) is 5.45. The van der Waals surface area contributed by atoms with Crippen molar-refractivity contribution in [3.63, 3.8) is 0 Å². The molecule has 4 nitrogen and oxygen atoms in total. The first-order valence-corrected chi connectivity index (χ1v) is 6.98. The summed E-state index contributed by atoms with van der Waals surface area (Å²) in [6.45, 7) is 8.59. The number of hydrogen-bond donors (Lipinski definition) is 2. The summed E-state index contributed by atoms with van der Waals surface area (Å²) in [5.74, 6) is 1.07. The van der Waals surface area contributed by atoms with Crippen molar-refractivity contribution < 1.29 is 9.53 Å². The summed E-state index contributed by atoms with van der Waals surface area (Å²) in [5.41, 5.74) is 7.04. The molecule has 0 aliphatic heterocycles. The number of halogens is 1. The summed E-state index contributed by atoms with van der Waals surface area (Å²) in [4.78, 5) is 12.4. The van der Waals surface area contributed by atoms with E-state index in [4.69, 9.17) is 10.5 Å². The summed E-state index contributed by atoms with van der Waals surface area (Å²) in [5, 5.41) is 3.04. The number of nitrogens with one attached hydrogen (secondary N) is 1. The second-order valence-electron chi connectivity index (χ2n) is 6.00. The molecule has 0 bridgehead atoms. The third-order valence-electron chi connectivity index (χ3n) is 3.39. The number of carbonyl (C=O) groups is 1. The lowest BCUT2D eigenvalue weighted by Crippen LogP contribution is -2.52. The Balaban J connectivity index is 0.00000400. The van der Waals surface area contributed by atoms with Crippen LogP contribution >= 0.6 is 12.4 Å². The summed E-state index contributed by atoms with van der Waals surface area (Å²) in [7, 11) is 1.60. The van der Waals surface area contributed by atoms with Crippen LogP contribution in [0.15, 0.2) is 18.2 Å². The van der Waals surface area contributed by atoms with Gasteiger partial charge in [-0.15, -0.1) is 12.4 Å². The highest BCUT2D eigenvalue weighted by Gasteiger charge is 2.26. The lowest BCUT2D eigenvalue weighted by atomic mass is 9.90. The zero-order chi connectivity index (χ0) is 15.3. The molecular weight excluding hydrogens is 288 g/mol. The fraction of sp³-hybridized carbons (Fsp3) is 0.562. The second kappa shape index (κ2) is 8.25.